The van der Waals surface area contributed by atoms with Crippen LogP contribution in [0.2, 0.25) is 0 Å². The Morgan fingerprint density at radius 1 is 1.21 bits per heavy atom. The van der Waals surface area contributed by atoms with Gasteiger partial charge in [0.2, 0.25) is 5.91 Å². The van der Waals surface area contributed by atoms with Crippen LogP contribution in [0.1, 0.15) is 30.4 Å². The number of methoxy groups -OCH3 is 1. The minimum absolute atomic E-state index is 0.0650. The molecule has 0 saturated heterocycles. The summed E-state index contributed by atoms with van der Waals surface area (Å²) in [5.74, 6) is 0.629. The highest BCUT2D eigenvalue weighted by Crippen LogP contribution is 2.32. The second kappa shape index (κ2) is 8.00. The van der Waals surface area contributed by atoms with E-state index < -0.39 is 0 Å². The van der Waals surface area contributed by atoms with Crippen LogP contribution in [0, 0.1) is 11.7 Å². The first-order valence-corrected chi connectivity index (χ1v) is 9.53. The van der Waals surface area contributed by atoms with E-state index in [1.807, 2.05) is 24.3 Å². The molecule has 0 N–H and O–H groups in total. The van der Waals surface area contributed by atoms with Crippen molar-refractivity contribution >= 4 is 11.6 Å². The first-order valence-electron chi connectivity index (χ1n) is 9.53. The zero-order chi connectivity index (χ0) is 19.5. The van der Waals surface area contributed by atoms with Crippen molar-refractivity contribution in [1.29, 1.82) is 0 Å². The summed E-state index contributed by atoms with van der Waals surface area (Å²) >= 11 is 0. The monoisotopic (exact) mass is 382 g/mol. The fourth-order valence-corrected chi connectivity index (χ4v) is 3.38. The number of oxime groups is 1. The molecule has 28 heavy (non-hydrogen) atoms. The van der Waals surface area contributed by atoms with Gasteiger partial charge in [-0.25, -0.2) is 4.39 Å². The zero-order valence-electron chi connectivity index (χ0n) is 15.8. The van der Waals surface area contributed by atoms with Gasteiger partial charge in [-0.05, 0) is 48.7 Å². The van der Waals surface area contributed by atoms with E-state index in [1.165, 1.54) is 6.07 Å². The van der Waals surface area contributed by atoms with Crippen LogP contribution >= 0.6 is 0 Å². The van der Waals surface area contributed by atoms with E-state index in [4.69, 9.17) is 9.57 Å². The molecule has 0 bridgehead atoms. The maximum Gasteiger partial charge on any atom is 0.226 e. The standard InChI is InChI=1S/C22H23FN2O3/c1-27-18-10-8-15(9-11-18)21-12-19(28-24-21)14-25(22(26)16-6-7-16)13-17-4-2-3-5-20(17)23/h2-5,8-11,16,19H,6-7,12-14H2,1H3/t19-/m0/s1. The summed E-state index contributed by atoms with van der Waals surface area (Å²) in [6.07, 6.45) is 2.20. The van der Waals surface area contributed by atoms with E-state index >= 15 is 0 Å². The quantitative estimate of drug-likeness (QED) is 0.733. The van der Waals surface area contributed by atoms with Gasteiger partial charge in [0.05, 0.1) is 19.4 Å². The van der Waals surface area contributed by atoms with Crippen molar-refractivity contribution in [3.8, 4) is 5.75 Å². The highest BCUT2D eigenvalue weighted by Gasteiger charge is 2.36. The highest BCUT2D eigenvalue weighted by atomic mass is 19.1. The zero-order valence-corrected chi connectivity index (χ0v) is 15.8. The van der Waals surface area contributed by atoms with Crippen LogP contribution in [0.3, 0.4) is 0 Å². The third-order valence-corrected chi connectivity index (χ3v) is 5.14. The van der Waals surface area contributed by atoms with E-state index in [2.05, 4.69) is 5.16 Å². The van der Waals surface area contributed by atoms with Crippen LogP contribution in [0.15, 0.2) is 53.7 Å². The Labute approximate surface area is 163 Å². The number of ether oxygens (including phenoxy) is 1. The number of amides is 1. The molecule has 1 fully saturated rings. The molecule has 0 aromatic heterocycles. The fourth-order valence-electron chi connectivity index (χ4n) is 3.38. The lowest BCUT2D eigenvalue weighted by Crippen LogP contribution is -2.38. The first kappa shape index (κ1) is 18.5. The van der Waals surface area contributed by atoms with Crippen molar-refractivity contribution in [2.24, 2.45) is 11.1 Å². The molecule has 1 amide bonds. The first-order chi connectivity index (χ1) is 13.6. The van der Waals surface area contributed by atoms with Gasteiger partial charge in [-0.1, -0.05) is 23.4 Å². The molecule has 0 unspecified atom stereocenters. The average molecular weight is 382 g/mol. The summed E-state index contributed by atoms with van der Waals surface area (Å²) in [7, 11) is 1.63. The van der Waals surface area contributed by atoms with Gasteiger partial charge in [0, 0.05) is 24.4 Å². The van der Waals surface area contributed by atoms with E-state index in [-0.39, 0.29) is 30.3 Å². The number of carbonyl (C=O) groups is 1. The Hall–Kier alpha value is -2.89. The summed E-state index contributed by atoms with van der Waals surface area (Å²) in [5.41, 5.74) is 2.33. The molecule has 1 aliphatic heterocycles. The number of benzene rings is 2. The second-order valence-electron chi connectivity index (χ2n) is 7.28. The summed E-state index contributed by atoms with van der Waals surface area (Å²) in [4.78, 5) is 20.0. The predicted octanol–water partition coefficient (Wildman–Crippen LogP) is 3.77. The summed E-state index contributed by atoms with van der Waals surface area (Å²) in [5, 5.41) is 4.20. The molecule has 0 spiro atoms. The molecule has 1 atom stereocenters. The maximum atomic E-state index is 14.1. The largest absolute Gasteiger partial charge is 0.497 e. The molecular formula is C22H23FN2O3. The number of carbonyl (C=O) groups excluding carboxylic acids is 1. The van der Waals surface area contributed by atoms with Crippen LogP contribution < -0.4 is 4.74 Å². The molecule has 2 aliphatic rings. The molecule has 1 aliphatic carbocycles. The smallest absolute Gasteiger partial charge is 0.226 e. The van der Waals surface area contributed by atoms with Gasteiger partial charge >= 0.3 is 0 Å². The van der Waals surface area contributed by atoms with Crippen LogP contribution in [0.25, 0.3) is 0 Å². The molecular weight excluding hydrogens is 359 g/mol. The minimum atomic E-state index is -0.293. The predicted molar refractivity (Wildman–Crippen MR) is 104 cm³/mol. The molecule has 1 saturated carbocycles. The number of rotatable bonds is 7. The van der Waals surface area contributed by atoms with Crippen molar-refractivity contribution in [1.82, 2.24) is 4.90 Å². The Morgan fingerprint density at radius 3 is 2.64 bits per heavy atom. The lowest BCUT2D eigenvalue weighted by molar-refractivity contribution is -0.135. The van der Waals surface area contributed by atoms with Gasteiger partial charge < -0.3 is 14.5 Å². The number of hydrogen-bond acceptors (Lipinski definition) is 4. The fraction of sp³-hybridized carbons (Fsp3) is 0.364. The van der Waals surface area contributed by atoms with Crippen molar-refractivity contribution in [3.05, 3.63) is 65.5 Å². The molecule has 1 heterocycles. The number of nitrogens with zero attached hydrogens (tertiary/aromatic N) is 2. The average Bonchev–Trinajstić information content (AvgIpc) is 3.47. The van der Waals surface area contributed by atoms with Crippen LogP contribution in [0.5, 0.6) is 5.75 Å². The van der Waals surface area contributed by atoms with Crippen LogP contribution in [-0.4, -0.2) is 36.3 Å². The molecule has 2 aromatic carbocycles. The summed E-state index contributed by atoms with van der Waals surface area (Å²) in [6.45, 7) is 0.645. The Bertz CT molecular complexity index is 878. The maximum absolute atomic E-state index is 14.1. The van der Waals surface area contributed by atoms with Crippen LogP contribution in [-0.2, 0) is 16.2 Å². The lowest BCUT2D eigenvalue weighted by atomic mass is 10.0. The molecule has 6 heteroatoms. The van der Waals surface area contributed by atoms with Gasteiger partial charge in [0.25, 0.3) is 0 Å². The van der Waals surface area contributed by atoms with Crippen molar-refractivity contribution in [2.75, 3.05) is 13.7 Å². The van der Waals surface area contributed by atoms with Crippen molar-refractivity contribution in [3.63, 3.8) is 0 Å². The Morgan fingerprint density at radius 2 is 1.96 bits per heavy atom. The molecule has 146 valence electrons. The molecule has 0 radical (unpaired) electrons. The van der Waals surface area contributed by atoms with Crippen molar-refractivity contribution in [2.45, 2.75) is 31.9 Å². The van der Waals surface area contributed by atoms with E-state index in [1.54, 1.807) is 30.2 Å². The molecule has 4 rings (SSSR count). The summed E-state index contributed by atoms with van der Waals surface area (Å²) in [6, 6.07) is 14.2. The summed E-state index contributed by atoms with van der Waals surface area (Å²) < 4.78 is 19.3. The van der Waals surface area contributed by atoms with E-state index in [0.29, 0.717) is 18.5 Å². The molecule has 5 nitrogen and oxygen atoms in total. The minimum Gasteiger partial charge on any atom is -0.497 e. The third-order valence-electron chi connectivity index (χ3n) is 5.14. The number of halogens is 1. The van der Waals surface area contributed by atoms with Gasteiger partial charge in [-0.15, -0.1) is 0 Å². The molecule has 2 aromatic rings. The third kappa shape index (κ3) is 4.16. The van der Waals surface area contributed by atoms with E-state index in [0.717, 1.165) is 29.9 Å². The van der Waals surface area contributed by atoms with Gasteiger partial charge in [0.1, 0.15) is 11.6 Å². The van der Waals surface area contributed by atoms with Gasteiger partial charge in [-0.2, -0.15) is 0 Å². The lowest BCUT2D eigenvalue weighted by Gasteiger charge is -2.25. The van der Waals surface area contributed by atoms with Crippen LogP contribution in [0.4, 0.5) is 4.39 Å². The normalized spacial score (nSPS) is 18.4. The second-order valence-corrected chi connectivity index (χ2v) is 7.28. The SMILES string of the molecule is COc1ccc(C2=NO[C@H](CN(Cc3ccccc3F)C(=O)C3CC3)C2)cc1. The highest BCUT2D eigenvalue weighted by molar-refractivity contribution is 6.01. The van der Waals surface area contributed by atoms with Gasteiger partial charge in [0.15, 0.2) is 6.10 Å². The van der Waals surface area contributed by atoms with Crippen molar-refractivity contribution < 1.29 is 18.8 Å². The topological polar surface area (TPSA) is 51.1 Å². The van der Waals surface area contributed by atoms with Gasteiger partial charge in [-0.3, -0.25) is 4.79 Å². The number of hydrogen-bond donors (Lipinski definition) is 0. The Balaban J connectivity index is 1.42. The Kier molecular flexibility index (Phi) is 5.28. The van der Waals surface area contributed by atoms with E-state index in [9.17, 15) is 9.18 Å².